The number of allylic oxidation sites excluding steroid dienone is 1. The van der Waals surface area contributed by atoms with Gasteiger partial charge in [-0.15, -0.1) is 0 Å². The lowest BCUT2D eigenvalue weighted by molar-refractivity contribution is -0.385. The lowest BCUT2D eigenvalue weighted by Crippen LogP contribution is -2.53. The van der Waals surface area contributed by atoms with Gasteiger partial charge in [-0.3, -0.25) is 24.7 Å². The van der Waals surface area contributed by atoms with Crippen LogP contribution < -0.4 is 10.5 Å². The highest BCUT2D eigenvalue weighted by molar-refractivity contribution is 5.72. The normalized spacial score (nSPS) is 18.7. The zero-order valence-electron chi connectivity index (χ0n) is 27.8. The third-order valence-electron chi connectivity index (χ3n) is 9.85. The van der Waals surface area contributed by atoms with Gasteiger partial charge in [0.25, 0.3) is 11.2 Å². The smallest absolute Gasteiger partial charge is 0.272 e. The lowest BCUT2D eigenvalue weighted by atomic mass is 9.88. The van der Waals surface area contributed by atoms with Crippen LogP contribution in [0.4, 0.5) is 15.8 Å². The van der Waals surface area contributed by atoms with E-state index < -0.39 is 22.8 Å². The number of aromatic amines is 1. The highest BCUT2D eigenvalue weighted by Gasteiger charge is 2.35. The number of likely N-dealkylation sites (tertiary alicyclic amines) is 1. The molecule has 0 bridgehead atoms. The van der Waals surface area contributed by atoms with E-state index in [1.165, 1.54) is 12.1 Å². The zero-order valence-corrected chi connectivity index (χ0v) is 27.8. The first-order valence-corrected chi connectivity index (χ1v) is 17.0. The first-order valence-electron chi connectivity index (χ1n) is 17.0. The summed E-state index contributed by atoms with van der Waals surface area (Å²) >= 11 is 0. The fraction of sp³-hybridized carbons (Fsp3) is 0.316. The molecule has 4 heterocycles. The lowest BCUT2D eigenvalue weighted by Gasteiger charge is -2.44. The minimum Gasteiger partial charge on any atom is -0.368 e. The number of nitriles is 1. The van der Waals surface area contributed by atoms with Crippen molar-refractivity contribution in [2.24, 2.45) is 16.8 Å². The predicted molar refractivity (Wildman–Crippen MR) is 190 cm³/mol. The largest absolute Gasteiger partial charge is 0.368 e. The van der Waals surface area contributed by atoms with Crippen LogP contribution in [-0.2, 0) is 4.84 Å². The number of aliphatic imine (C=N–C) groups is 1. The molecule has 2 atom stereocenters. The molecule has 7 rings (SSSR count). The number of hydroxylamine groups is 2. The van der Waals surface area contributed by atoms with Crippen molar-refractivity contribution in [2.75, 3.05) is 44.2 Å². The number of nitro groups is 1. The van der Waals surface area contributed by atoms with Crippen LogP contribution in [0.1, 0.15) is 35.4 Å². The van der Waals surface area contributed by atoms with Crippen molar-refractivity contribution in [3.8, 4) is 17.3 Å². The van der Waals surface area contributed by atoms with Gasteiger partial charge >= 0.3 is 0 Å². The first kappa shape index (κ1) is 33.8. The van der Waals surface area contributed by atoms with Crippen LogP contribution in [0.15, 0.2) is 101 Å². The second-order valence-corrected chi connectivity index (χ2v) is 13.2. The summed E-state index contributed by atoms with van der Waals surface area (Å²) in [5.41, 5.74) is 3.00. The molecule has 4 aromatic rings. The van der Waals surface area contributed by atoms with Crippen molar-refractivity contribution in [1.82, 2.24) is 20.2 Å². The Morgan fingerprint density at radius 2 is 1.84 bits per heavy atom. The Hall–Kier alpha value is -5.71. The summed E-state index contributed by atoms with van der Waals surface area (Å²) in [7, 11) is 0. The van der Waals surface area contributed by atoms with E-state index in [0.717, 1.165) is 62.8 Å². The number of benzene rings is 3. The molecule has 2 saturated heterocycles. The summed E-state index contributed by atoms with van der Waals surface area (Å²) in [5.74, 6) is -0.298. The molecule has 260 valence electrons. The molecule has 3 aromatic carbocycles. The quantitative estimate of drug-likeness (QED) is 0.160. The molecule has 0 aliphatic carbocycles. The molecule has 12 nitrogen and oxygen atoms in total. The molecule has 0 spiro atoms. The highest BCUT2D eigenvalue weighted by Crippen LogP contribution is 2.34. The number of rotatable bonds is 11. The average molecular weight is 689 g/mol. The van der Waals surface area contributed by atoms with Gasteiger partial charge in [0, 0.05) is 55.2 Å². The van der Waals surface area contributed by atoms with E-state index >= 15 is 0 Å². The number of hydrogen-bond donors (Lipinski definition) is 1. The minimum absolute atomic E-state index is 0.242. The van der Waals surface area contributed by atoms with Crippen LogP contribution in [0.3, 0.4) is 0 Å². The third-order valence-corrected chi connectivity index (χ3v) is 9.85. The molecule has 2 unspecified atom stereocenters. The summed E-state index contributed by atoms with van der Waals surface area (Å²) in [4.78, 5) is 39.4. The van der Waals surface area contributed by atoms with Crippen LogP contribution in [0.2, 0.25) is 0 Å². The van der Waals surface area contributed by atoms with E-state index in [9.17, 15) is 24.6 Å². The number of piperidine rings is 1. The maximum Gasteiger partial charge on any atom is 0.272 e. The number of non-ortho nitro benzene ring substituents is 1. The molecule has 0 saturated carbocycles. The molecule has 1 aromatic heterocycles. The van der Waals surface area contributed by atoms with Gasteiger partial charge in [0.2, 0.25) is 0 Å². The Bertz CT molecular complexity index is 2030. The predicted octanol–water partition coefficient (Wildman–Crippen LogP) is 5.49. The monoisotopic (exact) mass is 688 g/mol. The van der Waals surface area contributed by atoms with Crippen molar-refractivity contribution in [3.63, 3.8) is 0 Å². The number of anilines is 1. The number of aromatic nitrogens is 2. The van der Waals surface area contributed by atoms with Crippen LogP contribution in [0.5, 0.6) is 0 Å². The van der Waals surface area contributed by atoms with Gasteiger partial charge < -0.3 is 9.80 Å². The Kier molecular flexibility index (Phi) is 9.96. The van der Waals surface area contributed by atoms with E-state index in [2.05, 4.69) is 21.2 Å². The summed E-state index contributed by atoms with van der Waals surface area (Å²) in [6, 6.07) is 24.6. The molecule has 0 amide bonds. The summed E-state index contributed by atoms with van der Waals surface area (Å²) in [5, 5.41) is 29.1. The van der Waals surface area contributed by atoms with Crippen molar-refractivity contribution in [3.05, 3.63) is 134 Å². The van der Waals surface area contributed by atoms with Crippen LogP contribution >= 0.6 is 0 Å². The van der Waals surface area contributed by atoms with Gasteiger partial charge in [0.15, 0.2) is 12.0 Å². The van der Waals surface area contributed by atoms with E-state index in [1.807, 2.05) is 53.6 Å². The summed E-state index contributed by atoms with van der Waals surface area (Å²) in [6.45, 7) is 4.73. The maximum atomic E-state index is 14.5. The summed E-state index contributed by atoms with van der Waals surface area (Å²) < 4.78 is 14.5. The number of halogens is 1. The second kappa shape index (κ2) is 15.0. The Balaban J connectivity index is 0.981. The molecule has 2 fully saturated rings. The molecular formula is C38H37FN8O4. The SMILES string of the molecule is N#Cc1cccc(-c2cc(C(c3ccccc3)C3N=CC=CN3OCC3CCN(CC4CN(c5ccc([N+](=O)[O-])cc5F)C4)CC3)c(=O)[nH]n2)c1. The van der Waals surface area contributed by atoms with E-state index in [1.54, 1.807) is 35.5 Å². The Morgan fingerprint density at radius 1 is 1.04 bits per heavy atom. The molecule has 13 heteroatoms. The van der Waals surface area contributed by atoms with Gasteiger partial charge in [-0.1, -0.05) is 42.5 Å². The van der Waals surface area contributed by atoms with E-state index in [-0.39, 0.29) is 11.2 Å². The van der Waals surface area contributed by atoms with Gasteiger partial charge in [0.1, 0.15) is 0 Å². The van der Waals surface area contributed by atoms with Crippen LogP contribution in [0, 0.1) is 39.1 Å². The number of H-pyrrole nitrogens is 1. The maximum absolute atomic E-state index is 14.5. The first-order chi connectivity index (χ1) is 24.9. The Labute approximate surface area is 294 Å². The molecule has 3 aliphatic rings. The highest BCUT2D eigenvalue weighted by atomic mass is 19.1. The zero-order chi connectivity index (χ0) is 35.3. The van der Waals surface area contributed by atoms with Crippen molar-refractivity contribution < 1.29 is 14.2 Å². The molecule has 1 N–H and O–H groups in total. The van der Waals surface area contributed by atoms with Crippen molar-refractivity contribution >= 4 is 17.6 Å². The number of nitrogens with zero attached hydrogens (tertiary/aromatic N) is 7. The topological polar surface area (TPSA) is 144 Å². The fourth-order valence-electron chi connectivity index (χ4n) is 7.13. The van der Waals surface area contributed by atoms with Gasteiger partial charge in [0.05, 0.1) is 46.5 Å². The third kappa shape index (κ3) is 7.57. The number of hydrogen-bond acceptors (Lipinski definition) is 10. The second-order valence-electron chi connectivity index (χ2n) is 13.2. The standard InChI is InChI=1S/C38H37FN8O4/c39-33-19-31(47(49)50)10-11-35(33)45-23-28(24-45)22-44-16-12-26(13-17-44)25-51-46-15-5-14-41-37(46)36(29-7-2-1-3-8-29)32-20-34(42-43-38(32)48)30-9-4-6-27(18-30)21-40/h1-11,14-15,18-20,26,28,36-37H,12-13,16-17,22-25H2,(H,43,48). The van der Waals surface area contributed by atoms with Crippen molar-refractivity contribution in [2.45, 2.75) is 24.9 Å². The molecule has 3 aliphatic heterocycles. The van der Waals surface area contributed by atoms with Gasteiger partial charge in [-0.2, -0.15) is 10.4 Å². The van der Waals surface area contributed by atoms with E-state index in [4.69, 9.17) is 9.83 Å². The average Bonchev–Trinajstić information content (AvgIpc) is 3.14. The van der Waals surface area contributed by atoms with Crippen LogP contribution in [0.25, 0.3) is 11.3 Å². The molecular weight excluding hydrogens is 651 g/mol. The van der Waals surface area contributed by atoms with E-state index in [0.29, 0.717) is 41.0 Å². The number of nitrogens with one attached hydrogen (secondary N) is 1. The molecule has 0 radical (unpaired) electrons. The summed E-state index contributed by atoms with van der Waals surface area (Å²) in [6.07, 6.45) is 6.78. The van der Waals surface area contributed by atoms with Crippen LogP contribution in [-0.4, -0.2) is 76.8 Å². The Morgan fingerprint density at radius 3 is 2.59 bits per heavy atom. The minimum atomic E-state index is -0.586. The van der Waals surface area contributed by atoms with Gasteiger partial charge in [-0.05, 0) is 67.8 Å². The fourth-order valence-corrected chi connectivity index (χ4v) is 7.13. The number of nitro benzene ring substituents is 1. The molecule has 51 heavy (non-hydrogen) atoms. The van der Waals surface area contributed by atoms with Gasteiger partial charge in [-0.25, -0.2) is 14.6 Å². The van der Waals surface area contributed by atoms with Crippen molar-refractivity contribution in [1.29, 1.82) is 5.26 Å².